The summed E-state index contributed by atoms with van der Waals surface area (Å²) in [5.41, 5.74) is 0.834. The van der Waals surface area contributed by atoms with Crippen molar-refractivity contribution in [1.29, 1.82) is 0 Å². The topological polar surface area (TPSA) is 117 Å². The number of fused-ring (bicyclic) bond motifs is 1. The smallest absolute Gasteiger partial charge is 0.306 e. The summed E-state index contributed by atoms with van der Waals surface area (Å²) >= 11 is 0. The SMILES string of the molecule is CC(=O)Nc1ccccc1Oc1nc2nc(N3CCNCC3)[nH]c2c(=O)n1C. The first kappa shape index (κ1) is 18.0. The second-order valence-electron chi connectivity index (χ2n) is 6.53. The van der Waals surface area contributed by atoms with Crippen LogP contribution in [-0.2, 0) is 11.8 Å². The van der Waals surface area contributed by atoms with Crippen molar-refractivity contribution >= 4 is 28.7 Å². The standard InChI is InChI=1S/C18H21N7O3/c1-11(26)20-12-5-3-4-6-13(12)28-18-23-15-14(16(27)24(18)2)21-17(22-15)25-9-7-19-8-10-25/h3-6,19H,7-10H2,1-2H3,(H,20,26)(H,21,22). The van der Waals surface area contributed by atoms with Crippen molar-refractivity contribution in [2.75, 3.05) is 36.4 Å². The van der Waals surface area contributed by atoms with Crippen molar-refractivity contribution in [3.8, 4) is 11.8 Å². The van der Waals surface area contributed by atoms with Gasteiger partial charge >= 0.3 is 6.01 Å². The number of ether oxygens (including phenoxy) is 1. The van der Waals surface area contributed by atoms with E-state index in [-0.39, 0.29) is 17.5 Å². The number of carbonyl (C=O) groups excluding carboxylic acids is 1. The van der Waals surface area contributed by atoms with Gasteiger partial charge in [0.25, 0.3) is 5.56 Å². The quantitative estimate of drug-likeness (QED) is 0.610. The molecule has 3 aromatic rings. The number of hydrogen-bond acceptors (Lipinski definition) is 7. The molecule has 28 heavy (non-hydrogen) atoms. The number of H-pyrrole nitrogens is 1. The molecule has 3 heterocycles. The lowest BCUT2D eigenvalue weighted by atomic mass is 10.3. The number of imidazole rings is 1. The highest BCUT2D eigenvalue weighted by Crippen LogP contribution is 2.28. The van der Waals surface area contributed by atoms with Gasteiger partial charge in [-0.15, -0.1) is 0 Å². The number of para-hydroxylation sites is 2. The third kappa shape index (κ3) is 3.41. The molecule has 0 atom stereocenters. The zero-order chi connectivity index (χ0) is 19.7. The largest absolute Gasteiger partial charge is 0.423 e. The Morgan fingerprint density at radius 1 is 1.21 bits per heavy atom. The minimum atomic E-state index is -0.286. The van der Waals surface area contributed by atoms with Gasteiger partial charge in [-0.3, -0.25) is 14.2 Å². The molecular weight excluding hydrogens is 362 g/mol. The third-order valence-corrected chi connectivity index (χ3v) is 4.49. The summed E-state index contributed by atoms with van der Waals surface area (Å²) in [5, 5.41) is 5.98. The van der Waals surface area contributed by atoms with E-state index in [1.54, 1.807) is 31.3 Å². The molecule has 1 saturated heterocycles. The van der Waals surface area contributed by atoms with Gasteiger partial charge < -0.3 is 25.3 Å². The van der Waals surface area contributed by atoms with Gasteiger partial charge in [0.2, 0.25) is 11.9 Å². The average Bonchev–Trinajstić information content (AvgIpc) is 3.12. The molecule has 1 fully saturated rings. The minimum Gasteiger partial charge on any atom is -0.423 e. The first-order chi connectivity index (χ1) is 13.5. The van der Waals surface area contributed by atoms with Crippen molar-refractivity contribution in [3.63, 3.8) is 0 Å². The van der Waals surface area contributed by atoms with Crippen LogP contribution < -0.4 is 25.8 Å². The molecule has 4 rings (SSSR count). The average molecular weight is 383 g/mol. The molecule has 0 saturated carbocycles. The molecular formula is C18H21N7O3. The number of piperazine rings is 1. The van der Waals surface area contributed by atoms with Gasteiger partial charge in [0.05, 0.1) is 5.69 Å². The number of carbonyl (C=O) groups is 1. The summed E-state index contributed by atoms with van der Waals surface area (Å²) in [7, 11) is 1.58. The Balaban J connectivity index is 1.71. The zero-order valence-electron chi connectivity index (χ0n) is 15.7. The Morgan fingerprint density at radius 3 is 2.71 bits per heavy atom. The number of nitrogens with one attached hydrogen (secondary N) is 3. The van der Waals surface area contributed by atoms with E-state index < -0.39 is 0 Å². The van der Waals surface area contributed by atoms with Crippen LogP contribution in [0.1, 0.15) is 6.92 Å². The number of aromatic amines is 1. The molecule has 146 valence electrons. The fraction of sp³-hybridized carbons (Fsp3) is 0.333. The van der Waals surface area contributed by atoms with Crippen molar-refractivity contribution in [2.24, 2.45) is 7.05 Å². The summed E-state index contributed by atoms with van der Waals surface area (Å²) in [6.45, 7) is 4.73. The van der Waals surface area contributed by atoms with E-state index in [0.29, 0.717) is 28.5 Å². The van der Waals surface area contributed by atoms with E-state index in [4.69, 9.17) is 4.74 Å². The van der Waals surface area contributed by atoms with Gasteiger partial charge in [0.1, 0.15) is 0 Å². The summed E-state index contributed by atoms with van der Waals surface area (Å²) in [6, 6.07) is 7.05. The maximum absolute atomic E-state index is 12.8. The van der Waals surface area contributed by atoms with Crippen LogP contribution in [0, 0.1) is 0 Å². The number of amides is 1. The second kappa shape index (κ2) is 7.31. The molecule has 0 bridgehead atoms. The molecule has 3 N–H and O–H groups in total. The maximum atomic E-state index is 12.8. The zero-order valence-corrected chi connectivity index (χ0v) is 15.7. The van der Waals surface area contributed by atoms with Gasteiger partial charge in [0, 0.05) is 40.2 Å². The number of nitrogens with zero attached hydrogens (tertiary/aromatic N) is 4. The van der Waals surface area contributed by atoms with Crippen molar-refractivity contribution in [1.82, 2.24) is 24.8 Å². The molecule has 1 aliphatic rings. The van der Waals surface area contributed by atoms with Crippen LogP contribution in [0.3, 0.4) is 0 Å². The van der Waals surface area contributed by atoms with Crippen molar-refractivity contribution in [2.45, 2.75) is 6.92 Å². The van der Waals surface area contributed by atoms with Crippen LogP contribution in [0.25, 0.3) is 11.2 Å². The maximum Gasteiger partial charge on any atom is 0.306 e. The van der Waals surface area contributed by atoms with Gasteiger partial charge in [-0.25, -0.2) is 0 Å². The molecule has 0 aliphatic carbocycles. The Morgan fingerprint density at radius 2 is 1.96 bits per heavy atom. The molecule has 1 amide bonds. The van der Waals surface area contributed by atoms with Gasteiger partial charge in [-0.1, -0.05) is 12.1 Å². The van der Waals surface area contributed by atoms with Crippen LogP contribution in [0.2, 0.25) is 0 Å². The number of benzene rings is 1. The highest BCUT2D eigenvalue weighted by Gasteiger charge is 2.19. The Kier molecular flexibility index (Phi) is 4.70. The third-order valence-electron chi connectivity index (χ3n) is 4.49. The number of hydrogen-bond donors (Lipinski definition) is 3. The summed E-state index contributed by atoms with van der Waals surface area (Å²) in [5.74, 6) is 0.788. The van der Waals surface area contributed by atoms with Crippen LogP contribution in [0.5, 0.6) is 11.8 Å². The van der Waals surface area contributed by atoms with Crippen LogP contribution in [-0.4, -0.2) is 51.6 Å². The normalized spacial score (nSPS) is 14.3. The molecule has 0 unspecified atom stereocenters. The van der Waals surface area contributed by atoms with E-state index in [1.165, 1.54) is 11.5 Å². The Bertz CT molecular complexity index is 1080. The minimum absolute atomic E-state index is 0.0914. The number of anilines is 2. The molecule has 0 spiro atoms. The second-order valence-corrected chi connectivity index (χ2v) is 6.53. The first-order valence-electron chi connectivity index (χ1n) is 9.00. The van der Waals surface area contributed by atoms with E-state index in [2.05, 4.69) is 30.5 Å². The first-order valence-corrected chi connectivity index (χ1v) is 9.00. The highest BCUT2D eigenvalue weighted by atomic mass is 16.5. The molecule has 2 aromatic heterocycles. The predicted molar refractivity (Wildman–Crippen MR) is 105 cm³/mol. The lowest BCUT2D eigenvalue weighted by Gasteiger charge is -2.26. The van der Waals surface area contributed by atoms with Crippen LogP contribution in [0.15, 0.2) is 29.1 Å². The monoisotopic (exact) mass is 383 g/mol. The van der Waals surface area contributed by atoms with Crippen LogP contribution >= 0.6 is 0 Å². The summed E-state index contributed by atoms with van der Waals surface area (Å²) in [4.78, 5) is 38.2. The summed E-state index contributed by atoms with van der Waals surface area (Å²) in [6.07, 6.45) is 0. The Labute approximate surface area is 160 Å². The lowest BCUT2D eigenvalue weighted by Crippen LogP contribution is -2.44. The lowest BCUT2D eigenvalue weighted by molar-refractivity contribution is -0.114. The fourth-order valence-electron chi connectivity index (χ4n) is 3.07. The highest BCUT2D eigenvalue weighted by molar-refractivity contribution is 5.90. The molecule has 10 nitrogen and oxygen atoms in total. The molecule has 1 aliphatic heterocycles. The van der Waals surface area contributed by atoms with Gasteiger partial charge in [-0.05, 0) is 12.1 Å². The molecule has 10 heteroatoms. The van der Waals surface area contributed by atoms with Crippen molar-refractivity contribution < 1.29 is 9.53 Å². The fourth-order valence-corrected chi connectivity index (χ4v) is 3.07. The van der Waals surface area contributed by atoms with E-state index in [0.717, 1.165) is 26.2 Å². The van der Waals surface area contributed by atoms with E-state index >= 15 is 0 Å². The predicted octanol–water partition coefficient (Wildman–Crippen LogP) is 0.817. The van der Waals surface area contributed by atoms with E-state index in [9.17, 15) is 9.59 Å². The number of aromatic nitrogens is 4. The van der Waals surface area contributed by atoms with E-state index in [1.807, 2.05) is 0 Å². The summed E-state index contributed by atoms with van der Waals surface area (Å²) < 4.78 is 7.16. The molecule has 0 radical (unpaired) electrons. The van der Waals surface area contributed by atoms with Gasteiger partial charge in [0.15, 0.2) is 16.9 Å². The van der Waals surface area contributed by atoms with Crippen LogP contribution in [0.4, 0.5) is 11.6 Å². The molecule has 1 aromatic carbocycles. The number of rotatable bonds is 4. The van der Waals surface area contributed by atoms with Crippen molar-refractivity contribution in [3.05, 3.63) is 34.6 Å². The Hall–Kier alpha value is -3.40. The van der Waals surface area contributed by atoms with Gasteiger partial charge in [-0.2, -0.15) is 9.97 Å².